The predicted octanol–water partition coefficient (Wildman–Crippen LogP) is 4.83. The molecule has 0 aliphatic heterocycles. The average Bonchev–Trinajstić information content (AvgIpc) is 2.68. The highest BCUT2D eigenvalue weighted by Crippen LogP contribution is 2.20. The molecule has 2 aromatic carbocycles. The second-order valence-corrected chi connectivity index (χ2v) is 7.26. The number of rotatable bonds is 9. The molecule has 3 N–H and O–H groups in total. The lowest BCUT2D eigenvalue weighted by Gasteiger charge is -2.07. The summed E-state index contributed by atoms with van der Waals surface area (Å²) in [5.41, 5.74) is 3.83. The highest BCUT2D eigenvalue weighted by Gasteiger charge is 2.08. The second-order valence-electron chi connectivity index (χ2n) is 6.34. The smallest absolute Gasteiger partial charge is 0.271 e. The van der Waals surface area contributed by atoms with Crippen LogP contribution in [0.4, 0.5) is 5.69 Å². The summed E-state index contributed by atoms with van der Waals surface area (Å²) in [6, 6.07) is 11.6. The third-order valence-electron chi connectivity index (χ3n) is 4.03. The van der Waals surface area contributed by atoms with Crippen LogP contribution in [0, 0.1) is 0 Å². The number of anilines is 1. The van der Waals surface area contributed by atoms with Crippen molar-refractivity contribution in [1.82, 2.24) is 5.43 Å². The van der Waals surface area contributed by atoms with Gasteiger partial charge in [0.15, 0.2) is 0 Å². The first-order chi connectivity index (χ1) is 13.5. The Morgan fingerprint density at radius 2 is 1.96 bits per heavy atom. The van der Waals surface area contributed by atoms with Crippen LogP contribution in [0.1, 0.15) is 54.9 Å². The van der Waals surface area contributed by atoms with E-state index >= 15 is 0 Å². The first-order valence-corrected chi connectivity index (χ1v) is 10.0. The van der Waals surface area contributed by atoms with E-state index in [4.69, 9.17) is 0 Å². The van der Waals surface area contributed by atoms with Gasteiger partial charge in [-0.3, -0.25) is 9.59 Å². The van der Waals surface area contributed by atoms with Gasteiger partial charge in [-0.05, 0) is 42.8 Å². The van der Waals surface area contributed by atoms with Gasteiger partial charge in [-0.1, -0.05) is 48.2 Å². The molecule has 0 saturated carbocycles. The monoisotopic (exact) mass is 445 g/mol. The van der Waals surface area contributed by atoms with Crippen LogP contribution in [-0.2, 0) is 4.79 Å². The first kappa shape index (κ1) is 21.6. The minimum atomic E-state index is -0.412. The highest BCUT2D eigenvalue weighted by molar-refractivity contribution is 9.10. The number of unbranched alkanes of at least 4 members (excludes halogenated alkanes) is 3. The van der Waals surface area contributed by atoms with Crippen LogP contribution in [0.15, 0.2) is 52.0 Å². The topological polar surface area (TPSA) is 90.8 Å². The summed E-state index contributed by atoms with van der Waals surface area (Å²) in [5.74, 6) is -0.411. The molecule has 0 aliphatic carbocycles. The van der Waals surface area contributed by atoms with Crippen molar-refractivity contribution in [2.45, 2.75) is 39.0 Å². The van der Waals surface area contributed by atoms with Gasteiger partial charge >= 0.3 is 0 Å². The molecule has 2 rings (SSSR count). The maximum atomic E-state index is 12.3. The van der Waals surface area contributed by atoms with Crippen molar-refractivity contribution in [1.29, 1.82) is 0 Å². The Morgan fingerprint density at radius 3 is 2.75 bits per heavy atom. The van der Waals surface area contributed by atoms with Crippen molar-refractivity contribution in [2.24, 2.45) is 5.10 Å². The Hall–Kier alpha value is -2.67. The van der Waals surface area contributed by atoms with E-state index in [9.17, 15) is 14.7 Å². The number of halogens is 1. The third-order valence-corrected chi connectivity index (χ3v) is 4.52. The lowest BCUT2D eigenvalue weighted by molar-refractivity contribution is -0.116. The molecule has 148 valence electrons. The third kappa shape index (κ3) is 7.15. The first-order valence-electron chi connectivity index (χ1n) is 9.21. The normalized spacial score (nSPS) is 10.8. The Kier molecular flexibility index (Phi) is 8.68. The summed E-state index contributed by atoms with van der Waals surface area (Å²) in [6.45, 7) is 2.13. The van der Waals surface area contributed by atoms with Crippen molar-refractivity contribution < 1.29 is 14.7 Å². The number of hydrogen-bond acceptors (Lipinski definition) is 4. The molecule has 6 nitrogen and oxygen atoms in total. The van der Waals surface area contributed by atoms with E-state index in [0.717, 1.165) is 30.2 Å². The number of nitrogens with zero attached hydrogens (tertiary/aromatic N) is 1. The Labute approximate surface area is 173 Å². The van der Waals surface area contributed by atoms with Crippen LogP contribution in [0.25, 0.3) is 0 Å². The van der Waals surface area contributed by atoms with Crippen molar-refractivity contribution in [3.05, 3.63) is 58.1 Å². The quantitative estimate of drug-likeness (QED) is 0.293. The number of hydrogen-bond donors (Lipinski definition) is 3. The maximum Gasteiger partial charge on any atom is 0.271 e. The van der Waals surface area contributed by atoms with Gasteiger partial charge in [0.2, 0.25) is 5.91 Å². The van der Waals surface area contributed by atoms with Crippen LogP contribution in [0.3, 0.4) is 0 Å². The SMILES string of the molecule is CCCCCCC(=O)Nc1cccc(C(=O)N/N=C/c2cc(Br)ccc2O)c1. The predicted molar refractivity (Wildman–Crippen MR) is 115 cm³/mol. The molecule has 2 amide bonds. The Balaban J connectivity index is 1.91. The maximum absolute atomic E-state index is 12.3. The van der Waals surface area contributed by atoms with Gasteiger partial charge < -0.3 is 10.4 Å². The molecule has 0 spiro atoms. The number of carbonyl (C=O) groups excluding carboxylic acids is 2. The number of nitrogens with one attached hydrogen (secondary N) is 2. The van der Waals surface area contributed by atoms with Crippen LogP contribution < -0.4 is 10.7 Å². The molecule has 0 bridgehead atoms. The zero-order valence-corrected chi connectivity index (χ0v) is 17.3. The molecule has 0 radical (unpaired) electrons. The molecule has 0 atom stereocenters. The minimum Gasteiger partial charge on any atom is -0.507 e. The van der Waals surface area contributed by atoms with Gasteiger partial charge in [0.05, 0.1) is 6.21 Å². The van der Waals surface area contributed by atoms with Gasteiger partial charge in [0.25, 0.3) is 5.91 Å². The van der Waals surface area contributed by atoms with Crippen molar-refractivity contribution in [3.8, 4) is 5.75 Å². The molecule has 0 unspecified atom stereocenters. The van der Waals surface area contributed by atoms with Crippen LogP contribution in [0.2, 0.25) is 0 Å². The lowest BCUT2D eigenvalue weighted by Crippen LogP contribution is -2.18. The second kappa shape index (κ2) is 11.2. The van der Waals surface area contributed by atoms with E-state index in [-0.39, 0.29) is 11.7 Å². The standard InChI is InChI=1S/C21H24BrN3O3/c1-2-3-4-5-9-20(27)24-18-8-6-7-15(13-18)21(28)25-23-14-16-12-17(22)10-11-19(16)26/h6-8,10-14,26H,2-5,9H2,1H3,(H,24,27)(H,25,28)/b23-14+. The van der Waals surface area contributed by atoms with Gasteiger partial charge in [0, 0.05) is 27.7 Å². The van der Waals surface area contributed by atoms with E-state index in [1.165, 1.54) is 12.3 Å². The molecule has 7 heteroatoms. The number of carbonyl (C=O) groups is 2. The number of hydrazone groups is 1. The molecule has 0 fully saturated rings. The van der Waals surface area contributed by atoms with Gasteiger partial charge in [-0.25, -0.2) is 5.43 Å². The molecular formula is C21H24BrN3O3. The van der Waals surface area contributed by atoms with Gasteiger partial charge in [-0.15, -0.1) is 0 Å². The summed E-state index contributed by atoms with van der Waals surface area (Å²) >= 11 is 3.31. The molecule has 0 saturated heterocycles. The highest BCUT2D eigenvalue weighted by atomic mass is 79.9. The van der Waals surface area contributed by atoms with Crippen molar-refractivity contribution >= 4 is 39.6 Å². The van der Waals surface area contributed by atoms with E-state index in [2.05, 4.69) is 38.7 Å². The van der Waals surface area contributed by atoms with Crippen molar-refractivity contribution in [2.75, 3.05) is 5.32 Å². The Morgan fingerprint density at radius 1 is 1.14 bits per heavy atom. The summed E-state index contributed by atoms with van der Waals surface area (Å²) in [6.07, 6.45) is 5.98. The summed E-state index contributed by atoms with van der Waals surface area (Å²) in [7, 11) is 0. The van der Waals surface area contributed by atoms with Gasteiger partial charge in [0.1, 0.15) is 5.75 Å². The minimum absolute atomic E-state index is 0.0585. The number of phenolic OH excluding ortho intramolecular Hbond substituents is 1. The van der Waals surface area contributed by atoms with E-state index in [0.29, 0.717) is 23.2 Å². The number of amides is 2. The molecule has 0 heterocycles. The molecule has 0 aromatic heterocycles. The van der Waals surface area contributed by atoms with Crippen LogP contribution in [0.5, 0.6) is 5.75 Å². The fraction of sp³-hybridized carbons (Fsp3) is 0.286. The van der Waals surface area contributed by atoms with Crippen LogP contribution >= 0.6 is 15.9 Å². The molecule has 2 aromatic rings. The summed E-state index contributed by atoms with van der Waals surface area (Å²) in [4.78, 5) is 24.2. The molecule has 28 heavy (non-hydrogen) atoms. The Bertz CT molecular complexity index is 853. The van der Waals surface area contributed by atoms with E-state index in [1.807, 2.05) is 0 Å². The molecule has 0 aliphatic rings. The fourth-order valence-electron chi connectivity index (χ4n) is 2.53. The van der Waals surface area contributed by atoms with E-state index < -0.39 is 5.91 Å². The number of phenols is 1. The number of aromatic hydroxyl groups is 1. The summed E-state index contributed by atoms with van der Waals surface area (Å²) < 4.78 is 0.788. The average molecular weight is 446 g/mol. The van der Waals surface area contributed by atoms with Crippen molar-refractivity contribution in [3.63, 3.8) is 0 Å². The van der Waals surface area contributed by atoms with Gasteiger partial charge in [-0.2, -0.15) is 5.10 Å². The number of benzene rings is 2. The lowest BCUT2D eigenvalue weighted by atomic mass is 10.1. The van der Waals surface area contributed by atoms with Crippen LogP contribution in [-0.4, -0.2) is 23.1 Å². The zero-order valence-electron chi connectivity index (χ0n) is 15.7. The fourth-order valence-corrected chi connectivity index (χ4v) is 2.91. The zero-order chi connectivity index (χ0) is 20.4. The van der Waals surface area contributed by atoms with E-state index in [1.54, 1.807) is 36.4 Å². The largest absolute Gasteiger partial charge is 0.507 e. The molecular weight excluding hydrogens is 422 g/mol. The summed E-state index contributed by atoms with van der Waals surface area (Å²) in [5, 5.41) is 16.5.